The maximum absolute atomic E-state index is 12.9. The number of imidazole rings is 1. The Labute approximate surface area is 188 Å². The number of benzene rings is 2. The highest BCUT2D eigenvalue weighted by atomic mass is 32.2. The molecule has 8 nitrogen and oxygen atoms in total. The van der Waals surface area contributed by atoms with Crippen LogP contribution in [0, 0.1) is 0 Å². The summed E-state index contributed by atoms with van der Waals surface area (Å²) in [6, 6.07) is 14.2. The number of para-hydroxylation sites is 2. The van der Waals surface area contributed by atoms with E-state index in [4.69, 9.17) is 0 Å². The molecule has 32 heavy (non-hydrogen) atoms. The second-order valence-corrected chi connectivity index (χ2v) is 9.82. The molecule has 1 aliphatic rings. The molecule has 9 heteroatoms. The molecule has 1 aromatic heterocycles. The highest BCUT2D eigenvalue weighted by molar-refractivity contribution is 7.89. The minimum absolute atomic E-state index is 0.0693. The van der Waals surface area contributed by atoms with Gasteiger partial charge < -0.3 is 9.88 Å². The van der Waals surface area contributed by atoms with Crippen LogP contribution in [0.3, 0.4) is 0 Å². The molecule has 0 aliphatic carbocycles. The van der Waals surface area contributed by atoms with Crippen LogP contribution in [0.5, 0.6) is 0 Å². The predicted octanol–water partition coefficient (Wildman–Crippen LogP) is 2.55. The molecule has 2 heterocycles. The summed E-state index contributed by atoms with van der Waals surface area (Å²) in [4.78, 5) is 25.2. The van der Waals surface area contributed by atoms with Crippen LogP contribution in [-0.2, 0) is 16.6 Å². The molecule has 1 aliphatic heterocycles. The molecule has 1 amide bonds. The molecule has 0 spiro atoms. The number of carbonyl (C=O) groups excluding carboxylic acids is 1. The quantitative estimate of drug-likeness (QED) is 0.591. The first kappa shape index (κ1) is 22.4. The van der Waals surface area contributed by atoms with Gasteiger partial charge in [-0.05, 0) is 36.4 Å². The Kier molecular flexibility index (Phi) is 6.59. The van der Waals surface area contributed by atoms with Crippen molar-refractivity contribution in [3.8, 4) is 0 Å². The van der Waals surface area contributed by atoms with E-state index >= 15 is 0 Å². The summed E-state index contributed by atoms with van der Waals surface area (Å²) in [5, 5.41) is 0. The lowest BCUT2D eigenvalue weighted by atomic mass is 10.2. The molecular weight excluding hydrogens is 426 g/mol. The second-order valence-electron chi connectivity index (χ2n) is 7.88. The van der Waals surface area contributed by atoms with Gasteiger partial charge >= 0.3 is 0 Å². The minimum Gasteiger partial charge on any atom is -0.341 e. The number of nitrogens with one attached hydrogen (secondary N) is 1. The third-order valence-corrected chi connectivity index (χ3v) is 7.98. The number of rotatable bonds is 7. The van der Waals surface area contributed by atoms with Crippen molar-refractivity contribution in [2.75, 3.05) is 39.3 Å². The highest BCUT2D eigenvalue weighted by Gasteiger charge is 2.25. The summed E-state index contributed by atoms with van der Waals surface area (Å²) in [6.07, 6.45) is 0. The van der Waals surface area contributed by atoms with Gasteiger partial charge in [-0.2, -0.15) is 4.31 Å². The van der Waals surface area contributed by atoms with Gasteiger partial charge in [0.25, 0.3) is 5.91 Å². The van der Waals surface area contributed by atoms with E-state index in [0.717, 1.165) is 29.9 Å². The van der Waals surface area contributed by atoms with Crippen molar-refractivity contribution in [3.63, 3.8) is 0 Å². The van der Waals surface area contributed by atoms with Gasteiger partial charge in [-0.1, -0.05) is 26.0 Å². The van der Waals surface area contributed by atoms with Gasteiger partial charge in [-0.15, -0.1) is 0 Å². The SMILES string of the molecule is CCN(CC)S(=O)(=O)c1ccc(C(=O)N2CCN(Cc3nc4ccccc4[nH]3)CC2)cc1. The van der Waals surface area contributed by atoms with Crippen LogP contribution in [0.1, 0.15) is 30.0 Å². The van der Waals surface area contributed by atoms with E-state index in [0.29, 0.717) is 38.3 Å². The molecule has 0 atom stereocenters. The molecule has 0 saturated carbocycles. The molecule has 2 aromatic carbocycles. The number of aromatic amines is 1. The monoisotopic (exact) mass is 455 g/mol. The lowest BCUT2D eigenvalue weighted by molar-refractivity contribution is 0.0626. The van der Waals surface area contributed by atoms with Crippen molar-refractivity contribution in [2.45, 2.75) is 25.3 Å². The van der Waals surface area contributed by atoms with Crippen LogP contribution < -0.4 is 0 Å². The average molecular weight is 456 g/mol. The number of piperazine rings is 1. The standard InChI is InChI=1S/C23H29N5O3S/c1-3-28(4-2)32(30,31)19-11-9-18(10-12-19)23(29)27-15-13-26(14-16-27)17-22-24-20-7-5-6-8-21(20)25-22/h5-12H,3-4,13-17H2,1-2H3,(H,24,25). The smallest absolute Gasteiger partial charge is 0.253 e. The Bertz CT molecular complexity index is 1140. The Hall–Kier alpha value is -2.75. The molecule has 170 valence electrons. The molecule has 1 N–H and O–H groups in total. The lowest BCUT2D eigenvalue weighted by Gasteiger charge is -2.34. The number of nitrogens with zero attached hydrogens (tertiary/aromatic N) is 4. The van der Waals surface area contributed by atoms with E-state index in [2.05, 4.69) is 14.9 Å². The summed E-state index contributed by atoms with van der Waals surface area (Å²) in [7, 11) is -3.52. The van der Waals surface area contributed by atoms with Gasteiger partial charge in [-0.25, -0.2) is 13.4 Å². The Morgan fingerprint density at radius 1 is 1.00 bits per heavy atom. The lowest BCUT2D eigenvalue weighted by Crippen LogP contribution is -2.48. The van der Waals surface area contributed by atoms with Gasteiger partial charge in [0, 0.05) is 44.8 Å². The van der Waals surface area contributed by atoms with E-state index in [1.54, 1.807) is 12.1 Å². The summed E-state index contributed by atoms with van der Waals surface area (Å²) in [5.41, 5.74) is 2.50. The zero-order valence-corrected chi connectivity index (χ0v) is 19.3. The van der Waals surface area contributed by atoms with Gasteiger partial charge in [0.1, 0.15) is 5.82 Å². The fraction of sp³-hybridized carbons (Fsp3) is 0.391. The number of fused-ring (bicyclic) bond motifs is 1. The molecule has 4 rings (SSSR count). The third kappa shape index (κ3) is 4.55. The van der Waals surface area contributed by atoms with Crippen molar-refractivity contribution in [1.29, 1.82) is 0 Å². The number of hydrogen-bond donors (Lipinski definition) is 1. The van der Waals surface area contributed by atoms with Crippen LogP contribution >= 0.6 is 0 Å². The zero-order valence-electron chi connectivity index (χ0n) is 18.5. The Morgan fingerprint density at radius 2 is 1.66 bits per heavy atom. The Morgan fingerprint density at radius 3 is 2.28 bits per heavy atom. The number of amides is 1. The van der Waals surface area contributed by atoms with E-state index in [1.165, 1.54) is 16.4 Å². The third-order valence-electron chi connectivity index (χ3n) is 5.92. The van der Waals surface area contributed by atoms with Crippen LogP contribution in [0.25, 0.3) is 11.0 Å². The first-order chi connectivity index (χ1) is 15.4. The van der Waals surface area contributed by atoms with Gasteiger partial charge in [-0.3, -0.25) is 9.69 Å². The van der Waals surface area contributed by atoms with Crippen LogP contribution in [0.4, 0.5) is 0 Å². The zero-order chi connectivity index (χ0) is 22.7. The predicted molar refractivity (Wildman–Crippen MR) is 124 cm³/mol. The number of H-pyrrole nitrogens is 1. The van der Waals surface area contributed by atoms with Crippen LogP contribution in [0.15, 0.2) is 53.4 Å². The van der Waals surface area contributed by atoms with E-state index in [9.17, 15) is 13.2 Å². The van der Waals surface area contributed by atoms with Crippen LogP contribution in [0.2, 0.25) is 0 Å². The van der Waals surface area contributed by atoms with Crippen molar-refractivity contribution in [1.82, 2.24) is 24.1 Å². The highest BCUT2D eigenvalue weighted by Crippen LogP contribution is 2.18. The first-order valence-electron chi connectivity index (χ1n) is 11.0. The van der Waals surface area contributed by atoms with Gasteiger partial charge in [0.05, 0.1) is 22.5 Å². The second kappa shape index (κ2) is 9.40. The fourth-order valence-electron chi connectivity index (χ4n) is 4.07. The molecule has 1 saturated heterocycles. The topological polar surface area (TPSA) is 89.6 Å². The van der Waals surface area contributed by atoms with Crippen molar-refractivity contribution >= 4 is 27.0 Å². The molecule has 0 radical (unpaired) electrons. The number of carbonyl (C=O) groups is 1. The minimum atomic E-state index is -3.52. The molecule has 0 unspecified atom stereocenters. The normalized spacial score (nSPS) is 15.5. The largest absolute Gasteiger partial charge is 0.341 e. The van der Waals surface area contributed by atoms with Crippen molar-refractivity contribution in [2.24, 2.45) is 0 Å². The average Bonchev–Trinajstić information content (AvgIpc) is 3.22. The number of sulfonamides is 1. The van der Waals surface area contributed by atoms with Crippen molar-refractivity contribution < 1.29 is 13.2 Å². The summed E-state index contributed by atoms with van der Waals surface area (Å²) in [6.45, 7) is 7.94. The van der Waals surface area contributed by atoms with E-state index in [1.807, 2.05) is 43.0 Å². The van der Waals surface area contributed by atoms with Gasteiger partial charge in [0.15, 0.2) is 0 Å². The number of hydrogen-bond acceptors (Lipinski definition) is 5. The molecule has 1 fully saturated rings. The number of aromatic nitrogens is 2. The molecule has 3 aromatic rings. The van der Waals surface area contributed by atoms with Crippen molar-refractivity contribution in [3.05, 3.63) is 59.9 Å². The van der Waals surface area contributed by atoms with Crippen LogP contribution in [-0.4, -0.2) is 77.7 Å². The Balaban J connectivity index is 1.36. The molecule has 0 bridgehead atoms. The fourth-order valence-corrected chi connectivity index (χ4v) is 5.52. The summed E-state index contributed by atoms with van der Waals surface area (Å²) < 4.78 is 26.7. The maximum atomic E-state index is 12.9. The summed E-state index contributed by atoms with van der Waals surface area (Å²) >= 11 is 0. The first-order valence-corrected chi connectivity index (χ1v) is 12.4. The van der Waals surface area contributed by atoms with E-state index < -0.39 is 10.0 Å². The van der Waals surface area contributed by atoms with E-state index in [-0.39, 0.29) is 10.8 Å². The molecular formula is C23H29N5O3S. The van der Waals surface area contributed by atoms with Gasteiger partial charge in [0.2, 0.25) is 10.0 Å². The summed E-state index contributed by atoms with van der Waals surface area (Å²) in [5.74, 6) is 0.858. The maximum Gasteiger partial charge on any atom is 0.253 e.